The molecule has 0 bridgehead atoms. The summed E-state index contributed by atoms with van der Waals surface area (Å²) in [7, 11) is 0. The molecule has 0 unspecified atom stereocenters. The van der Waals surface area contributed by atoms with Crippen molar-refractivity contribution >= 4 is 51.9 Å². The lowest BCUT2D eigenvalue weighted by Crippen LogP contribution is -2.42. The standard InChI is InChI=1S/C12H8BCl2FO.C9H7NO/c14-11-5-4-9(7-12(11)15)13(17)8-2-1-3-10(16)6-8;11-8-5-1-3-7-4-2-6-10-9(7)8/h1-7,17H;1-6,11H. The minimum Gasteiger partial charge on any atom is -0.506 e. The Balaban J connectivity index is 0.000000176. The number of hydrogen-bond donors (Lipinski definition) is 2. The number of fused-ring (bicyclic) bond motifs is 1. The molecule has 0 aliphatic carbocycles. The van der Waals surface area contributed by atoms with Crippen LogP contribution in [-0.4, -0.2) is 22.0 Å². The van der Waals surface area contributed by atoms with E-state index in [0.29, 0.717) is 26.5 Å². The number of aromatic hydroxyl groups is 1. The lowest BCUT2D eigenvalue weighted by molar-refractivity contribution is 0.480. The van der Waals surface area contributed by atoms with Gasteiger partial charge in [-0.15, -0.1) is 0 Å². The van der Waals surface area contributed by atoms with E-state index in [4.69, 9.17) is 23.2 Å². The number of aromatic nitrogens is 1. The van der Waals surface area contributed by atoms with Crippen molar-refractivity contribution in [1.29, 1.82) is 0 Å². The highest BCUT2D eigenvalue weighted by atomic mass is 35.5. The normalized spacial score (nSPS) is 10.3. The van der Waals surface area contributed by atoms with E-state index >= 15 is 0 Å². The minimum atomic E-state index is -0.916. The van der Waals surface area contributed by atoms with E-state index in [1.165, 1.54) is 12.1 Å². The van der Waals surface area contributed by atoms with Gasteiger partial charge < -0.3 is 10.1 Å². The van der Waals surface area contributed by atoms with E-state index in [1.807, 2.05) is 18.2 Å². The first kappa shape index (κ1) is 20.1. The number of para-hydroxylation sites is 1. The molecule has 3 nitrogen and oxygen atoms in total. The number of benzene rings is 3. The van der Waals surface area contributed by atoms with Gasteiger partial charge in [0.05, 0.1) is 10.0 Å². The first-order chi connectivity index (χ1) is 13.5. The molecule has 3 aromatic carbocycles. The first-order valence-electron chi connectivity index (χ1n) is 8.37. The molecule has 0 saturated heterocycles. The minimum absolute atomic E-state index is 0.239. The molecule has 7 heteroatoms. The summed E-state index contributed by atoms with van der Waals surface area (Å²) in [6.07, 6.45) is 1.67. The third-order valence-corrected chi connectivity index (χ3v) is 4.77. The highest BCUT2D eigenvalue weighted by Gasteiger charge is 2.18. The number of phenols is 1. The van der Waals surface area contributed by atoms with E-state index in [9.17, 15) is 14.5 Å². The molecule has 4 aromatic rings. The Bertz CT molecular complexity index is 1110. The molecule has 0 radical (unpaired) electrons. The fourth-order valence-electron chi connectivity index (χ4n) is 2.64. The van der Waals surface area contributed by atoms with Crippen LogP contribution < -0.4 is 10.9 Å². The molecule has 4 rings (SSSR count). The summed E-state index contributed by atoms with van der Waals surface area (Å²) in [6, 6.07) is 19.8. The average molecular weight is 414 g/mol. The zero-order valence-electron chi connectivity index (χ0n) is 14.6. The van der Waals surface area contributed by atoms with Crippen LogP contribution in [0.15, 0.2) is 79.0 Å². The summed E-state index contributed by atoms with van der Waals surface area (Å²) in [5.74, 6) is -0.148. The number of hydrogen-bond acceptors (Lipinski definition) is 3. The molecule has 1 aromatic heterocycles. The predicted octanol–water partition coefficient (Wildman–Crippen LogP) is 4.17. The van der Waals surface area contributed by atoms with Crippen LogP contribution in [0.3, 0.4) is 0 Å². The van der Waals surface area contributed by atoms with Crippen molar-refractivity contribution in [3.05, 3.63) is 94.9 Å². The van der Waals surface area contributed by atoms with Gasteiger partial charge in [-0.3, -0.25) is 4.98 Å². The summed E-state index contributed by atoms with van der Waals surface area (Å²) in [6.45, 7) is -0.916. The summed E-state index contributed by atoms with van der Waals surface area (Å²) < 4.78 is 13.0. The number of phenolic OH excluding ortho intramolecular Hbond substituents is 1. The van der Waals surface area contributed by atoms with Crippen LogP contribution in [0.1, 0.15) is 0 Å². The molecule has 0 atom stereocenters. The molecular formula is C21H15BCl2FNO2. The summed E-state index contributed by atoms with van der Waals surface area (Å²) in [5, 5.41) is 21.1. The Labute approximate surface area is 172 Å². The van der Waals surface area contributed by atoms with E-state index < -0.39 is 6.92 Å². The summed E-state index contributed by atoms with van der Waals surface area (Å²) >= 11 is 11.6. The van der Waals surface area contributed by atoms with Gasteiger partial charge in [0.15, 0.2) is 0 Å². The second-order valence-corrected chi connectivity index (χ2v) is 6.80. The maximum absolute atomic E-state index is 13.0. The highest BCUT2D eigenvalue weighted by Crippen LogP contribution is 2.20. The Morgan fingerprint density at radius 2 is 1.54 bits per heavy atom. The highest BCUT2D eigenvalue weighted by molar-refractivity contribution is 6.79. The van der Waals surface area contributed by atoms with E-state index in [0.717, 1.165) is 5.39 Å². The third kappa shape index (κ3) is 4.81. The van der Waals surface area contributed by atoms with Gasteiger partial charge in [-0.25, -0.2) is 4.39 Å². The lowest BCUT2D eigenvalue weighted by atomic mass is 9.56. The van der Waals surface area contributed by atoms with E-state index in [1.54, 1.807) is 48.7 Å². The van der Waals surface area contributed by atoms with Crippen molar-refractivity contribution in [3.63, 3.8) is 0 Å². The number of rotatable bonds is 2. The van der Waals surface area contributed by atoms with Crippen LogP contribution in [0.2, 0.25) is 10.0 Å². The van der Waals surface area contributed by atoms with E-state index in [2.05, 4.69) is 4.98 Å². The Kier molecular flexibility index (Phi) is 6.52. The molecule has 0 fully saturated rings. The van der Waals surface area contributed by atoms with Gasteiger partial charge in [0.1, 0.15) is 17.1 Å². The van der Waals surface area contributed by atoms with Crippen molar-refractivity contribution in [2.75, 3.05) is 0 Å². The van der Waals surface area contributed by atoms with Gasteiger partial charge in [-0.05, 0) is 47.3 Å². The van der Waals surface area contributed by atoms with Gasteiger partial charge in [0.2, 0.25) is 0 Å². The van der Waals surface area contributed by atoms with Gasteiger partial charge in [-0.1, -0.05) is 59.6 Å². The van der Waals surface area contributed by atoms with Crippen molar-refractivity contribution in [3.8, 4) is 5.75 Å². The fraction of sp³-hybridized carbons (Fsp3) is 0. The zero-order chi connectivity index (χ0) is 20.1. The predicted molar refractivity (Wildman–Crippen MR) is 114 cm³/mol. The van der Waals surface area contributed by atoms with Crippen LogP contribution in [0.25, 0.3) is 10.9 Å². The summed E-state index contributed by atoms with van der Waals surface area (Å²) in [5.41, 5.74) is 1.71. The molecule has 0 aliphatic heterocycles. The molecule has 2 N–H and O–H groups in total. The molecule has 0 aliphatic rings. The van der Waals surface area contributed by atoms with Crippen molar-refractivity contribution < 1.29 is 14.5 Å². The molecule has 28 heavy (non-hydrogen) atoms. The molecule has 1 heterocycles. The maximum Gasteiger partial charge on any atom is 0.359 e. The van der Waals surface area contributed by atoms with E-state index in [-0.39, 0.29) is 11.6 Å². The Morgan fingerprint density at radius 1 is 0.821 bits per heavy atom. The first-order valence-corrected chi connectivity index (χ1v) is 9.12. The van der Waals surface area contributed by atoms with Gasteiger partial charge in [-0.2, -0.15) is 0 Å². The zero-order valence-corrected chi connectivity index (χ0v) is 16.1. The maximum atomic E-state index is 13.0. The number of pyridine rings is 1. The van der Waals surface area contributed by atoms with Gasteiger partial charge >= 0.3 is 6.92 Å². The molecular weight excluding hydrogens is 399 g/mol. The van der Waals surface area contributed by atoms with Crippen LogP contribution >= 0.6 is 23.2 Å². The second-order valence-electron chi connectivity index (χ2n) is 5.98. The molecule has 0 spiro atoms. The van der Waals surface area contributed by atoms with Crippen LogP contribution in [0, 0.1) is 5.82 Å². The second kappa shape index (κ2) is 9.06. The van der Waals surface area contributed by atoms with Crippen LogP contribution in [-0.2, 0) is 0 Å². The molecule has 0 saturated carbocycles. The van der Waals surface area contributed by atoms with Crippen LogP contribution in [0.4, 0.5) is 4.39 Å². The lowest BCUT2D eigenvalue weighted by Gasteiger charge is -2.08. The van der Waals surface area contributed by atoms with Crippen molar-refractivity contribution in [2.45, 2.75) is 0 Å². The monoisotopic (exact) mass is 413 g/mol. The van der Waals surface area contributed by atoms with Crippen molar-refractivity contribution in [1.82, 2.24) is 4.98 Å². The number of nitrogens with zero attached hydrogens (tertiary/aromatic N) is 1. The molecule has 0 amide bonds. The third-order valence-electron chi connectivity index (χ3n) is 4.04. The smallest absolute Gasteiger partial charge is 0.359 e. The molecule has 140 valence electrons. The van der Waals surface area contributed by atoms with Gasteiger partial charge in [0, 0.05) is 11.6 Å². The Hall–Kier alpha value is -2.60. The average Bonchev–Trinajstić information content (AvgIpc) is 2.70. The SMILES string of the molecule is OB(c1cccc(F)c1)c1ccc(Cl)c(Cl)c1.Oc1cccc2cccnc12. The van der Waals surface area contributed by atoms with Crippen molar-refractivity contribution in [2.24, 2.45) is 0 Å². The topological polar surface area (TPSA) is 53.4 Å². The fourth-order valence-corrected chi connectivity index (χ4v) is 2.95. The number of halogens is 3. The van der Waals surface area contributed by atoms with Crippen LogP contribution in [0.5, 0.6) is 5.75 Å². The quantitative estimate of drug-likeness (QED) is 0.485. The largest absolute Gasteiger partial charge is 0.506 e. The Morgan fingerprint density at radius 3 is 2.25 bits per heavy atom. The summed E-state index contributed by atoms with van der Waals surface area (Å²) in [4.78, 5) is 4.03. The van der Waals surface area contributed by atoms with Gasteiger partial charge in [0.25, 0.3) is 0 Å².